The zero-order valence-electron chi connectivity index (χ0n) is 10.7. The highest BCUT2D eigenvalue weighted by atomic mass is 19.2. The number of benzene rings is 2. The van der Waals surface area contributed by atoms with E-state index in [0.717, 1.165) is 17.7 Å². The second-order valence-electron chi connectivity index (χ2n) is 4.54. The predicted octanol–water partition coefficient (Wildman–Crippen LogP) is 4.19. The minimum absolute atomic E-state index is 0.133. The summed E-state index contributed by atoms with van der Waals surface area (Å²) in [6.45, 7) is 1.96. The van der Waals surface area contributed by atoms with Gasteiger partial charge in [-0.25, -0.2) is 8.78 Å². The van der Waals surface area contributed by atoms with E-state index in [-0.39, 0.29) is 5.92 Å². The third-order valence-corrected chi connectivity index (χ3v) is 3.33. The molecule has 0 spiro atoms. The molecule has 0 saturated carbocycles. The molecule has 0 saturated heterocycles. The fraction of sp³-hybridized carbons (Fsp3) is 0.250. The molecule has 0 radical (unpaired) electrons. The van der Waals surface area contributed by atoms with Crippen molar-refractivity contribution < 1.29 is 13.9 Å². The van der Waals surface area contributed by atoms with Crippen LogP contribution in [-0.4, -0.2) is 5.11 Å². The van der Waals surface area contributed by atoms with E-state index in [4.69, 9.17) is 0 Å². The SMILES string of the molecule is CCC(c1ccccc1)C(O)c1ccc(F)c(F)c1. The standard InChI is InChI=1S/C16H16F2O/c1-2-13(11-6-4-3-5-7-11)16(19)12-8-9-14(17)15(18)10-12/h3-10,13,16,19H,2H2,1H3. The molecule has 0 aliphatic carbocycles. The minimum atomic E-state index is -0.931. The number of aliphatic hydroxyl groups is 1. The molecular weight excluding hydrogens is 246 g/mol. The summed E-state index contributed by atoms with van der Waals surface area (Å²) in [5, 5.41) is 10.4. The second-order valence-corrected chi connectivity index (χ2v) is 4.54. The molecule has 0 aliphatic rings. The molecule has 1 nitrogen and oxygen atoms in total. The van der Waals surface area contributed by atoms with Crippen molar-refractivity contribution in [3.8, 4) is 0 Å². The van der Waals surface area contributed by atoms with Crippen molar-refractivity contribution in [1.82, 2.24) is 0 Å². The van der Waals surface area contributed by atoms with Crippen molar-refractivity contribution in [2.45, 2.75) is 25.4 Å². The molecule has 2 rings (SSSR count). The first-order valence-corrected chi connectivity index (χ1v) is 6.31. The molecule has 0 heterocycles. The number of aliphatic hydroxyl groups excluding tert-OH is 1. The van der Waals surface area contributed by atoms with E-state index < -0.39 is 17.7 Å². The smallest absolute Gasteiger partial charge is 0.159 e. The Morgan fingerprint density at radius 1 is 0.947 bits per heavy atom. The summed E-state index contributed by atoms with van der Waals surface area (Å²) in [5.41, 5.74) is 1.39. The molecule has 0 bridgehead atoms. The van der Waals surface area contributed by atoms with Crippen LogP contribution in [0.15, 0.2) is 48.5 Å². The molecule has 0 aliphatic heterocycles. The van der Waals surface area contributed by atoms with Crippen LogP contribution in [0.3, 0.4) is 0 Å². The van der Waals surface area contributed by atoms with Gasteiger partial charge in [-0.3, -0.25) is 0 Å². The summed E-state index contributed by atoms with van der Waals surface area (Å²) in [6.07, 6.45) is -0.132. The van der Waals surface area contributed by atoms with E-state index in [1.54, 1.807) is 0 Å². The summed E-state index contributed by atoms with van der Waals surface area (Å²) in [7, 11) is 0. The van der Waals surface area contributed by atoms with Gasteiger partial charge in [0.25, 0.3) is 0 Å². The number of hydrogen-bond acceptors (Lipinski definition) is 1. The maximum Gasteiger partial charge on any atom is 0.159 e. The van der Waals surface area contributed by atoms with Gasteiger partial charge < -0.3 is 5.11 Å². The molecular formula is C16H16F2O. The largest absolute Gasteiger partial charge is 0.388 e. The first-order chi connectivity index (χ1) is 9.13. The minimum Gasteiger partial charge on any atom is -0.388 e. The van der Waals surface area contributed by atoms with E-state index in [1.807, 2.05) is 37.3 Å². The van der Waals surface area contributed by atoms with Crippen molar-refractivity contribution in [3.05, 3.63) is 71.3 Å². The first-order valence-electron chi connectivity index (χ1n) is 6.31. The quantitative estimate of drug-likeness (QED) is 0.875. The topological polar surface area (TPSA) is 20.2 Å². The van der Waals surface area contributed by atoms with Gasteiger partial charge in [0, 0.05) is 5.92 Å². The van der Waals surface area contributed by atoms with Gasteiger partial charge in [0.15, 0.2) is 11.6 Å². The summed E-state index contributed by atoms with van der Waals surface area (Å²) < 4.78 is 26.1. The predicted molar refractivity (Wildman–Crippen MR) is 70.8 cm³/mol. The fourth-order valence-corrected chi connectivity index (χ4v) is 2.27. The van der Waals surface area contributed by atoms with Gasteiger partial charge in [0.05, 0.1) is 6.10 Å². The number of hydrogen-bond donors (Lipinski definition) is 1. The van der Waals surface area contributed by atoms with Crippen LogP contribution in [0.2, 0.25) is 0 Å². The summed E-state index contributed by atoms with van der Waals surface area (Å²) in [5.74, 6) is -1.96. The highest BCUT2D eigenvalue weighted by molar-refractivity contribution is 5.27. The van der Waals surface area contributed by atoms with Gasteiger partial charge in [0.1, 0.15) is 0 Å². The lowest BCUT2D eigenvalue weighted by atomic mass is 9.87. The average molecular weight is 262 g/mol. The molecule has 0 aromatic heterocycles. The summed E-state index contributed by atoms with van der Waals surface area (Å²) >= 11 is 0. The maximum atomic E-state index is 13.2. The Morgan fingerprint density at radius 3 is 2.21 bits per heavy atom. The Labute approximate surface area is 111 Å². The molecule has 2 unspecified atom stereocenters. The average Bonchev–Trinajstić information content (AvgIpc) is 2.44. The zero-order valence-corrected chi connectivity index (χ0v) is 10.7. The molecule has 3 heteroatoms. The van der Waals surface area contributed by atoms with Gasteiger partial charge in [-0.05, 0) is 29.7 Å². The molecule has 2 aromatic rings. The Morgan fingerprint density at radius 2 is 1.63 bits per heavy atom. The third kappa shape index (κ3) is 2.99. The highest BCUT2D eigenvalue weighted by Crippen LogP contribution is 2.33. The zero-order chi connectivity index (χ0) is 13.8. The number of halogens is 2. The van der Waals surface area contributed by atoms with Crippen molar-refractivity contribution in [2.75, 3.05) is 0 Å². The normalized spacial score (nSPS) is 14.1. The Bertz CT molecular complexity index is 540. The van der Waals surface area contributed by atoms with Crippen LogP contribution >= 0.6 is 0 Å². The van der Waals surface area contributed by atoms with Crippen LogP contribution in [0.4, 0.5) is 8.78 Å². The van der Waals surface area contributed by atoms with Gasteiger partial charge in [-0.15, -0.1) is 0 Å². The van der Waals surface area contributed by atoms with Crippen molar-refractivity contribution in [1.29, 1.82) is 0 Å². The molecule has 19 heavy (non-hydrogen) atoms. The number of rotatable bonds is 4. The second kappa shape index (κ2) is 5.93. The van der Waals surface area contributed by atoms with Crippen LogP contribution in [0.1, 0.15) is 36.5 Å². The van der Waals surface area contributed by atoms with E-state index in [2.05, 4.69) is 0 Å². The van der Waals surface area contributed by atoms with E-state index >= 15 is 0 Å². The Hall–Kier alpha value is -1.74. The first kappa shape index (κ1) is 13.7. The van der Waals surface area contributed by atoms with E-state index in [1.165, 1.54) is 6.07 Å². The lowest BCUT2D eigenvalue weighted by molar-refractivity contribution is 0.142. The summed E-state index contributed by atoms with van der Waals surface area (Å²) in [4.78, 5) is 0. The van der Waals surface area contributed by atoms with E-state index in [0.29, 0.717) is 12.0 Å². The molecule has 0 amide bonds. The maximum absolute atomic E-state index is 13.2. The molecule has 100 valence electrons. The van der Waals surface area contributed by atoms with Crippen LogP contribution in [0, 0.1) is 11.6 Å². The lowest BCUT2D eigenvalue weighted by Gasteiger charge is -2.22. The van der Waals surface area contributed by atoms with Crippen molar-refractivity contribution in [2.24, 2.45) is 0 Å². The van der Waals surface area contributed by atoms with Gasteiger partial charge in [-0.1, -0.05) is 43.3 Å². The van der Waals surface area contributed by atoms with E-state index in [9.17, 15) is 13.9 Å². The van der Waals surface area contributed by atoms with Gasteiger partial charge in [-0.2, -0.15) is 0 Å². The molecule has 2 atom stereocenters. The van der Waals surface area contributed by atoms with Crippen LogP contribution in [0.5, 0.6) is 0 Å². The Kier molecular flexibility index (Phi) is 4.27. The monoisotopic (exact) mass is 262 g/mol. The van der Waals surface area contributed by atoms with Crippen LogP contribution in [0.25, 0.3) is 0 Å². The Balaban J connectivity index is 2.30. The lowest BCUT2D eigenvalue weighted by Crippen LogP contribution is -2.10. The third-order valence-electron chi connectivity index (χ3n) is 3.33. The summed E-state index contributed by atoms with van der Waals surface area (Å²) in [6, 6.07) is 13.1. The van der Waals surface area contributed by atoms with Gasteiger partial charge >= 0.3 is 0 Å². The van der Waals surface area contributed by atoms with Crippen molar-refractivity contribution >= 4 is 0 Å². The molecule has 0 fully saturated rings. The molecule has 2 aromatic carbocycles. The van der Waals surface area contributed by atoms with Crippen LogP contribution in [-0.2, 0) is 0 Å². The van der Waals surface area contributed by atoms with Crippen molar-refractivity contribution in [3.63, 3.8) is 0 Å². The molecule has 1 N–H and O–H groups in total. The fourth-order valence-electron chi connectivity index (χ4n) is 2.27. The van der Waals surface area contributed by atoms with Crippen LogP contribution < -0.4 is 0 Å². The highest BCUT2D eigenvalue weighted by Gasteiger charge is 2.21. The van der Waals surface area contributed by atoms with Gasteiger partial charge in [0.2, 0.25) is 0 Å².